The van der Waals surface area contributed by atoms with Gasteiger partial charge in [-0.05, 0) is 24.3 Å². The largest absolute Gasteiger partial charge is 0.280 e. The molecule has 0 saturated heterocycles. The standard InChI is InChI=1S/C11H9N3S/c12-6-8-10(7-3-4-7)13-14-11(8)9-2-1-5-15-9/h1-2,5,7H,3-4H2,(H,13,14). The van der Waals surface area contributed by atoms with Crippen molar-refractivity contribution in [1.29, 1.82) is 5.26 Å². The van der Waals surface area contributed by atoms with E-state index in [1.807, 2.05) is 17.5 Å². The first kappa shape index (κ1) is 8.69. The predicted octanol–water partition coefficient (Wildman–Crippen LogP) is 2.89. The van der Waals surface area contributed by atoms with Crippen LogP contribution in [0.15, 0.2) is 17.5 Å². The Balaban J connectivity index is 2.13. The number of aromatic amines is 1. The normalized spacial score (nSPS) is 15.1. The first-order chi connectivity index (χ1) is 7.40. The Kier molecular flexibility index (Phi) is 1.86. The van der Waals surface area contributed by atoms with Gasteiger partial charge in [0.2, 0.25) is 0 Å². The molecule has 0 aliphatic heterocycles. The fourth-order valence-electron chi connectivity index (χ4n) is 1.73. The summed E-state index contributed by atoms with van der Waals surface area (Å²) in [6.45, 7) is 0. The first-order valence-corrected chi connectivity index (χ1v) is 5.80. The predicted molar refractivity (Wildman–Crippen MR) is 58.6 cm³/mol. The number of hydrogen-bond acceptors (Lipinski definition) is 3. The molecule has 1 aliphatic carbocycles. The van der Waals surface area contributed by atoms with Gasteiger partial charge < -0.3 is 0 Å². The third-order valence-electron chi connectivity index (χ3n) is 2.65. The minimum atomic E-state index is 0.542. The zero-order valence-corrected chi connectivity index (χ0v) is 8.84. The van der Waals surface area contributed by atoms with Crippen LogP contribution in [0.4, 0.5) is 0 Å². The molecular formula is C11H9N3S. The molecule has 15 heavy (non-hydrogen) atoms. The summed E-state index contributed by atoms with van der Waals surface area (Å²) in [6, 6.07) is 6.24. The Labute approximate surface area is 91.4 Å². The molecule has 1 fully saturated rings. The van der Waals surface area contributed by atoms with Gasteiger partial charge in [0, 0.05) is 5.92 Å². The maximum Gasteiger partial charge on any atom is 0.120 e. The number of nitrogens with one attached hydrogen (secondary N) is 1. The van der Waals surface area contributed by atoms with Gasteiger partial charge in [0.1, 0.15) is 17.3 Å². The van der Waals surface area contributed by atoms with Crippen LogP contribution >= 0.6 is 11.3 Å². The molecule has 2 aromatic rings. The van der Waals surface area contributed by atoms with Crippen molar-refractivity contribution < 1.29 is 0 Å². The molecule has 1 saturated carbocycles. The summed E-state index contributed by atoms with van der Waals surface area (Å²) in [7, 11) is 0. The van der Waals surface area contributed by atoms with Crippen LogP contribution in [-0.2, 0) is 0 Å². The number of hydrogen-bond donors (Lipinski definition) is 1. The molecule has 1 N–H and O–H groups in total. The highest BCUT2D eigenvalue weighted by molar-refractivity contribution is 7.13. The Morgan fingerprint density at radius 2 is 2.40 bits per heavy atom. The molecule has 1 aliphatic rings. The lowest BCUT2D eigenvalue weighted by atomic mass is 10.1. The highest BCUT2D eigenvalue weighted by Gasteiger charge is 2.30. The molecule has 74 valence electrons. The van der Waals surface area contributed by atoms with Gasteiger partial charge in [-0.25, -0.2) is 0 Å². The van der Waals surface area contributed by atoms with Gasteiger partial charge in [0.15, 0.2) is 0 Å². The second-order valence-corrected chi connectivity index (χ2v) is 4.67. The summed E-state index contributed by atoms with van der Waals surface area (Å²) in [5.41, 5.74) is 2.58. The Hall–Kier alpha value is -1.60. The molecule has 2 heterocycles. The van der Waals surface area contributed by atoms with Crippen LogP contribution in [0.2, 0.25) is 0 Å². The van der Waals surface area contributed by atoms with E-state index in [4.69, 9.17) is 5.26 Å². The molecule has 3 nitrogen and oxygen atoms in total. The van der Waals surface area contributed by atoms with E-state index < -0.39 is 0 Å². The average molecular weight is 215 g/mol. The Morgan fingerprint density at radius 3 is 3.00 bits per heavy atom. The number of nitriles is 1. The first-order valence-electron chi connectivity index (χ1n) is 4.92. The minimum absolute atomic E-state index is 0.542. The van der Waals surface area contributed by atoms with Crippen molar-refractivity contribution in [3.05, 3.63) is 28.8 Å². The number of nitrogens with zero attached hydrogens (tertiary/aromatic N) is 2. The van der Waals surface area contributed by atoms with Crippen molar-refractivity contribution in [2.24, 2.45) is 0 Å². The summed E-state index contributed by atoms with van der Waals surface area (Å²) in [4.78, 5) is 1.06. The Bertz CT molecular complexity index is 515. The quantitative estimate of drug-likeness (QED) is 0.837. The molecule has 2 aromatic heterocycles. The van der Waals surface area contributed by atoms with Crippen LogP contribution in [0.5, 0.6) is 0 Å². The third-order valence-corrected chi connectivity index (χ3v) is 3.52. The lowest BCUT2D eigenvalue weighted by Gasteiger charge is -1.92. The molecule has 3 rings (SSSR count). The van der Waals surface area contributed by atoms with Crippen LogP contribution in [0.25, 0.3) is 10.6 Å². The van der Waals surface area contributed by atoms with E-state index in [0.717, 1.165) is 21.8 Å². The summed E-state index contributed by atoms with van der Waals surface area (Å²) in [5, 5.41) is 18.4. The van der Waals surface area contributed by atoms with Gasteiger partial charge in [0.25, 0.3) is 0 Å². The van der Waals surface area contributed by atoms with Crippen molar-refractivity contribution in [3.8, 4) is 16.6 Å². The second-order valence-electron chi connectivity index (χ2n) is 3.72. The fraction of sp³-hybridized carbons (Fsp3) is 0.273. The van der Waals surface area contributed by atoms with Gasteiger partial charge >= 0.3 is 0 Å². The lowest BCUT2D eigenvalue weighted by Crippen LogP contribution is -1.83. The van der Waals surface area contributed by atoms with Crippen molar-refractivity contribution in [3.63, 3.8) is 0 Å². The summed E-state index contributed by atoms with van der Waals surface area (Å²) < 4.78 is 0. The van der Waals surface area contributed by atoms with Crippen molar-refractivity contribution in [2.75, 3.05) is 0 Å². The van der Waals surface area contributed by atoms with E-state index in [-0.39, 0.29) is 0 Å². The van der Waals surface area contributed by atoms with Gasteiger partial charge in [-0.3, -0.25) is 5.10 Å². The molecule has 0 amide bonds. The lowest BCUT2D eigenvalue weighted by molar-refractivity contribution is 0.964. The van der Waals surface area contributed by atoms with E-state index in [9.17, 15) is 0 Å². The topological polar surface area (TPSA) is 52.5 Å². The number of thiophene rings is 1. The Morgan fingerprint density at radius 1 is 1.53 bits per heavy atom. The van der Waals surface area contributed by atoms with Crippen molar-refractivity contribution in [2.45, 2.75) is 18.8 Å². The van der Waals surface area contributed by atoms with Gasteiger partial charge in [-0.2, -0.15) is 10.4 Å². The van der Waals surface area contributed by atoms with Crippen molar-refractivity contribution >= 4 is 11.3 Å². The van der Waals surface area contributed by atoms with Crippen LogP contribution in [-0.4, -0.2) is 10.2 Å². The molecule has 0 atom stereocenters. The van der Waals surface area contributed by atoms with Gasteiger partial charge in [-0.1, -0.05) is 6.07 Å². The summed E-state index contributed by atoms with van der Waals surface area (Å²) >= 11 is 1.62. The number of H-pyrrole nitrogens is 1. The molecular weight excluding hydrogens is 206 g/mol. The van der Waals surface area contributed by atoms with E-state index >= 15 is 0 Å². The molecule has 0 bridgehead atoms. The second kappa shape index (κ2) is 3.21. The highest BCUT2D eigenvalue weighted by atomic mass is 32.1. The molecule has 0 aromatic carbocycles. The molecule has 0 spiro atoms. The van der Waals surface area contributed by atoms with E-state index in [2.05, 4.69) is 16.3 Å². The summed E-state index contributed by atoms with van der Waals surface area (Å²) in [5.74, 6) is 0.542. The smallest absolute Gasteiger partial charge is 0.120 e. The van der Waals surface area contributed by atoms with Gasteiger partial charge in [-0.15, -0.1) is 11.3 Å². The van der Waals surface area contributed by atoms with E-state index in [1.165, 1.54) is 12.8 Å². The minimum Gasteiger partial charge on any atom is -0.280 e. The monoisotopic (exact) mass is 215 g/mol. The SMILES string of the molecule is N#Cc1c(-c2cccs2)n[nH]c1C1CC1. The maximum atomic E-state index is 9.16. The van der Waals surface area contributed by atoms with Crippen molar-refractivity contribution in [1.82, 2.24) is 10.2 Å². The van der Waals surface area contributed by atoms with Crippen LogP contribution < -0.4 is 0 Å². The van der Waals surface area contributed by atoms with E-state index in [0.29, 0.717) is 5.92 Å². The molecule has 4 heteroatoms. The fourth-order valence-corrected chi connectivity index (χ4v) is 2.45. The van der Waals surface area contributed by atoms with Gasteiger partial charge in [0.05, 0.1) is 10.6 Å². The molecule has 0 radical (unpaired) electrons. The van der Waals surface area contributed by atoms with Crippen LogP contribution in [0.3, 0.4) is 0 Å². The molecule has 0 unspecified atom stereocenters. The zero-order chi connectivity index (χ0) is 10.3. The summed E-state index contributed by atoms with van der Waals surface area (Å²) in [6.07, 6.45) is 2.36. The maximum absolute atomic E-state index is 9.16. The number of rotatable bonds is 2. The van der Waals surface area contributed by atoms with Crippen LogP contribution in [0, 0.1) is 11.3 Å². The highest BCUT2D eigenvalue weighted by Crippen LogP contribution is 2.42. The number of aromatic nitrogens is 2. The average Bonchev–Trinajstić information content (AvgIpc) is 2.83. The third kappa shape index (κ3) is 1.36. The van der Waals surface area contributed by atoms with Crippen LogP contribution in [0.1, 0.15) is 30.0 Å². The van der Waals surface area contributed by atoms with E-state index in [1.54, 1.807) is 11.3 Å². The zero-order valence-electron chi connectivity index (χ0n) is 8.03.